The number of amides is 1. The van der Waals surface area contributed by atoms with Crippen LogP contribution >= 0.6 is 0 Å². The second kappa shape index (κ2) is 11.8. The molecule has 1 amide bonds. The van der Waals surface area contributed by atoms with Gasteiger partial charge in [0.05, 0.1) is 24.0 Å². The highest BCUT2D eigenvalue weighted by Crippen LogP contribution is 2.38. The fraction of sp³-hybridized carbons (Fsp3) is 0.483. The number of nitrogens with one attached hydrogen (secondary N) is 1. The highest BCUT2D eigenvalue weighted by atomic mass is 16.5. The number of hydrogen-bond donors (Lipinski definition) is 1. The average Bonchev–Trinajstić information content (AvgIpc) is 2.85. The van der Waals surface area contributed by atoms with Crippen LogP contribution in [0.15, 0.2) is 47.6 Å². The third kappa shape index (κ3) is 7.18. The summed E-state index contributed by atoms with van der Waals surface area (Å²) < 4.78 is 6.15. The lowest BCUT2D eigenvalue weighted by molar-refractivity contribution is -0.121. The van der Waals surface area contributed by atoms with Crippen molar-refractivity contribution in [3.8, 4) is 11.8 Å². The third-order valence-electron chi connectivity index (χ3n) is 6.84. The molecular weight excluding hydrogens is 422 g/mol. The predicted molar refractivity (Wildman–Crippen MR) is 139 cm³/mol. The summed E-state index contributed by atoms with van der Waals surface area (Å²) in [7, 11) is 0. The second-order valence-electron chi connectivity index (χ2n) is 10.1. The van der Waals surface area contributed by atoms with E-state index in [9.17, 15) is 4.79 Å². The van der Waals surface area contributed by atoms with E-state index in [2.05, 4.69) is 76.3 Å². The molecule has 0 bridgehead atoms. The molecule has 0 aliphatic carbocycles. The molecule has 182 valence electrons. The molecule has 2 rings (SSSR count). The van der Waals surface area contributed by atoms with Gasteiger partial charge in [-0.1, -0.05) is 65.8 Å². The average molecular weight is 462 g/mol. The summed E-state index contributed by atoms with van der Waals surface area (Å²) >= 11 is 0. The van der Waals surface area contributed by atoms with Gasteiger partial charge in [-0.2, -0.15) is 10.4 Å². The van der Waals surface area contributed by atoms with Crippen LogP contribution in [0.25, 0.3) is 0 Å². The molecule has 0 heterocycles. The molecule has 0 atom stereocenters. The number of nitriles is 1. The zero-order valence-corrected chi connectivity index (χ0v) is 21.8. The number of rotatable bonds is 11. The molecule has 0 unspecified atom stereocenters. The summed E-state index contributed by atoms with van der Waals surface area (Å²) in [5, 5.41) is 13.1. The Morgan fingerprint density at radius 2 is 1.68 bits per heavy atom. The van der Waals surface area contributed by atoms with Gasteiger partial charge in [0.25, 0.3) is 0 Å². The molecule has 2 aromatic carbocycles. The monoisotopic (exact) mass is 461 g/mol. The fourth-order valence-corrected chi connectivity index (χ4v) is 3.47. The fourth-order valence-electron chi connectivity index (χ4n) is 3.47. The zero-order chi connectivity index (χ0) is 25.4. The van der Waals surface area contributed by atoms with Crippen molar-refractivity contribution in [2.75, 3.05) is 6.61 Å². The lowest BCUT2D eigenvalue weighted by atomic mass is 9.76. The van der Waals surface area contributed by atoms with Crippen molar-refractivity contribution in [2.24, 2.45) is 5.10 Å². The maximum atomic E-state index is 12.2. The van der Waals surface area contributed by atoms with Crippen LogP contribution in [0.3, 0.4) is 0 Å². The Balaban J connectivity index is 1.95. The molecule has 5 heteroatoms. The van der Waals surface area contributed by atoms with Gasteiger partial charge in [0, 0.05) is 12.0 Å². The first-order valence-electron chi connectivity index (χ1n) is 12.2. The highest BCUT2D eigenvalue weighted by molar-refractivity contribution is 5.99. The van der Waals surface area contributed by atoms with Gasteiger partial charge >= 0.3 is 0 Å². The molecule has 0 radical (unpaired) electrons. The predicted octanol–water partition coefficient (Wildman–Crippen LogP) is 6.63. The van der Waals surface area contributed by atoms with Crippen molar-refractivity contribution < 1.29 is 9.53 Å². The van der Waals surface area contributed by atoms with Gasteiger partial charge in [0.15, 0.2) is 0 Å². The van der Waals surface area contributed by atoms with Gasteiger partial charge < -0.3 is 4.74 Å². The standard InChI is InChI=1S/C29H39N3O2/c1-8-28(4,5)24-16-17-26(25(19-24)29(6,7)9-2)34-18-10-11-27(33)32-31-21(3)23-14-12-22(20-30)13-15-23/h12-17,19H,8-11,18H2,1-7H3,(H,32,33). The number of carbonyl (C=O) groups excluding carboxylic acids is 1. The lowest BCUT2D eigenvalue weighted by Gasteiger charge is -2.30. The Hall–Kier alpha value is -3.13. The second-order valence-corrected chi connectivity index (χ2v) is 10.1. The molecule has 0 aromatic heterocycles. The highest BCUT2D eigenvalue weighted by Gasteiger charge is 2.26. The SMILES string of the molecule is CCC(C)(C)c1ccc(OCCCC(=O)NN=C(C)c2ccc(C#N)cc2)c(C(C)(C)CC)c1. The van der Waals surface area contributed by atoms with Crippen molar-refractivity contribution >= 4 is 11.6 Å². The zero-order valence-electron chi connectivity index (χ0n) is 21.8. The molecule has 1 N–H and O–H groups in total. The topological polar surface area (TPSA) is 74.5 Å². The van der Waals surface area contributed by atoms with Crippen molar-refractivity contribution in [3.63, 3.8) is 0 Å². The van der Waals surface area contributed by atoms with Gasteiger partial charge in [0.1, 0.15) is 5.75 Å². The summed E-state index contributed by atoms with van der Waals surface area (Å²) in [6.07, 6.45) is 3.02. The van der Waals surface area contributed by atoms with Crippen LogP contribution in [-0.2, 0) is 15.6 Å². The van der Waals surface area contributed by atoms with E-state index in [1.165, 1.54) is 11.1 Å². The van der Waals surface area contributed by atoms with E-state index in [1.54, 1.807) is 12.1 Å². The number of hydrazone groups is 1. The maximum Gasteiger partial charge on any atom is 0.240 e. The lowest BCUT2D eigenvalue weighted by Crippen LogP contribution is -2.22. The Morgan fingerprint density at radius 1 is 1.03 bits per heavy atom. The number of nitrogens with zero attached hydrogens (tertiary/aromatic N) is 2. The molecule has 2 aromatic rings. The molecule has 0 saturated carbocycles. The number of hydrogen-bond acceptors (Lipinski definition) is 4. The normalized spacial score (nSPS) is 12.2. The molecule has 0 aliphatic heterocycles. The summed E-state index contributed by atoms with van der Waals surface area (Å²) in [4.78, 5) is 12.2. The molecule has 0 fully saturated rings. The van der Waals surface area contributed by atoms with Crippen LogP contribution in [0.4, 0.5) is 0 Å². The minimum atomic E-state index is -0.147. The van der Waals surface area contributed by atoms with Gasteiger partial charge in [-0.15, -0.1) is 0 Å². The van der Waals surface area contributed by atoms with Crippen LogP contribution in [0.1, 0.15) is 96.4 Å². The minimum Gasteiger partial charge on any atom is -0.493 e. The minimum absolute atomic E-state index is 0.00419. The number of benzene rings is 2. The molecular formula is C29H39N3O2. The van der Waals surface area contributed by atoms with Crippen molar-refractivity contribution in [1.29, 1.82) is 5.26 Å². The van der Waals surface area contributed by atoms with E-state index in [1.807, 2.05) is 19.1 Å². The van der Waals surface area contributed by atoms with Gasteiger partial charge in [-0.25, -0.2) is 5.43 Å². The van der Waals surface area contributed by atoms with Crippen molar-refractivity contribution in [2.45, 2.75) is 85.0 Å². The van der Waals surface area contributed by atoms with Crippen molar-refractivity contribution in [1.82, 2.24) is 5.43 Å². The first-order valence-corrected chi connectivity index (χ1v) is 12.2. The van der Waals surface area contributed by atoms with E-state index in [0.29, 0.717) is 30.7 Å². The smallest absolute Gasteiger partial charge is 0.240 e. The summed E-state index contributed by atoms with van der Waals surface area (Å²) in [6, 6.07) is 15.8. The van der Waals surface area contributed by atoms with E-state index < -0.39 is 0 Å². The van der Waals surface area contributed by atoms with E-state index >= 15 is 0 Å². The quantitative estimate of drug-likeness (QED) is 0.232. The maximum absolute atomic E-state index is 12.2. The molecule has 34 heavy (non-hydrogen) atoms. The molecule has 0 spiro atoms. The van der Waals surface area contributed by atoms with Gasteiger partial charge in [-0.05, 0) is 66.3 Å². The van der Waals surface area contributed by atoms with Crippen LogP contribution in [0, 0.1) is 11.3 Å². The molecule has 0 aliphatic rings. The van der Waals surface area contributed by atoms with E-state index in [-0.39, 0.29) is 16.7 Å². The summed E-state index contributed by atoms with van der Waals surface area (Å²) in [5.41, 5.74) is 7.43. The number of ether oxygens (including phenoxy) is 1. The Bertz CT molecular complexity index is 1040. The van der Waals surface area contributed by atoms with Gasteiger partial charge in [0.2, 0.25) is 5.91 Å². The van der Waals surface area contributed by atoms with Crippen LogP contribution in [0.2, 0.25) is 0 Å². The van der Waals surface area contributed by atoms with Crippen LogP contribution in [-0.4, -0.2) is 18.2 Å². The Kier molecular flexibility index (Phi) is 9.44. The largest absolute Gasteiger partial charge is 0.493 e. The Morgan fingerprint density at radius 3 is 2.26 bits per heavy atom. The number of carbonyl (C=O) groups is 1. The first-order chi connectivity index (χ1) is 16.0. The van der Waals surface area contributed by atoms with Gasteiger partial charge in [-0.3, -0.25) is 4.79 Å². The first kappa shape index (κ1) is 27.1. The van der Waals surface area contributed by atoms with Crippen molar-refractivity contribution in [3.05, 3.63) is 64.7 Å². The van der Waals surface area contributed by atoms with E-state index in [0.717, 1.165) is 24.2 Å². The summed E-state index contributed by atoms with van der Waals surface area (Å²) in [5.74, 6) is 0.753. The van der Waals surface area contributed by atoms with Crippen LogP contribution in [0.5, 0.6) is 5.75 Å². The van der Waals surface area contributed by atoms with E-state index in [4.69, 9.17) is 10.00 Å². The molecule has 0 saturated heterocycles. The Labute approximate surface area is 205 Å². The molecule has 5 nitrogen and oxygen atoms in total. The summed E-state index contributed by atoms with van der Waals surface area (Å²) in [6.45, 7) is 15.8. The third-order valence-corrected chi connectivity index (χ3v) is 6.84. The van der Waals surface area contributed by atoms with Crippen LogP contribution < -0.4 is 10.2 Å².